The molecule has 0 N–H and O–H groups in total. The van der Waals surface area contributed by atoms with Crippen LogP contribution in [0.25, 0.3) is 0 Å². The molecule has 2 rings (SSSR count). The minimum atomic E-state index is 0.535. The van der Waals surface area contributed by atoms with Gasteiger partial charge in [0.25, 0.3) is 0 Å². The molecule has 0 heterocycles. The molecule has 0 amide bonds. The lowest BCUT2D eigenvalue weighted by Gasteiger charge is -2.13. The van der Waals surface area contributed by atoms with E-state index in [1.165, 1.54) is 32.1 Å². The van der Waals surface area contributed by atoms with Crippen molar-refractivity contribution in [1.29, 1.82) is 0 Å². The fourth-order valence-corrected chi connectivity index (χ4v) is 2.20. The summed E-state index contributed by atoms with van der Waals surface area (Å²) in [4.78, 5) is 0.646. The molecule has 10 heavy (non-hydrogen) atoms. The first-order valence-electron chi connectivity index (χ1n) is 4.16. The molecule has 0 aliphatic heterocycles. The number of hydrogen-bond acceptors (Lipinski definition) is 1. The summed E-state index contributed by atoms with van der Waals surface area (Å²) >= 11 is 3.64. The Morgan fingerprint density at radius 1 is 1.10 bits per heavy atom. The van der Waals surface area contributed by atoms with Gasteiger partial charge < -0.3 is 4.74 Å². The number of alkyl halides is 1. The lowest BCUT2D eigenvalue weighted by atomic mass is 10.3. The van der Waals surface area contributed by atoms with E-state index in [-0.39, 0.29) is 0 Å². The van der Waals surface area contributed by atoms with Crippen molar-refractivity contribution in [3.8, 4) is 0 Å². The van der Waals surface area contributed by atoms with Crippen molar-refractivity contribution in [3.05, 3.63) is 0 Å². The smallest absolute Gasteiger partial charge is 0.0703 e. The van der Waals surface area contributed by atoms with Crippen LogP contribution in [0.5, 0.6) is 0 Å². The lowest BCUT2D eigenvalue weighted by Crippen LogP contribution is -2.18. The summed E-state index contributed by atoms with van der Waals surface area (Å²) in [6, 6.07) is 0. The molecule has 58 valence electrons. The Hall–Kier alpha value is 0.440. The minimum absolute atomic E-state index is 0.535. The monoisotopic (exact) mass is 204 g/mol. The number of hydrogen-bond donors (Lipinski definition) is 0. The van der Waals surface area contributed by atoms with E-state index in [4.69, 9.17) is 4.74 Å². The second-order valence-electron chi connectivity index (χ2n) is 3.32. The third-order valence-electron chi connectivity index (χ3n) is 2.26. The van der Waals surface area contributed by atoms with Gasteiger partial charge in [0.05, 0.1) is 12.2 Å². The Morgan fingerprint density at radius 2 is 1.90 bits per heavy atom. The van der Waals surface area contributed by atoms with Gasteiger partial charge in [-0.2, -0.15) is 0 Å². The van der Waals surface area contributed by atoms with Gasteiger partial charge >= 0.3 is 0 Å². The van der Waals surface area contributed by atoms with Crippen molar-refractivity contribution in [2.45, 2.75) is 49.1 Å². The van der Waals surface area contributed by atoms with Crippen LogP contribution in [0.2, 0.25) is 0 Å². The zero-order valence-corrected chi connectivity index (χ0v) is 7.64. The Bertz CT molecular complexity index is 122. The maximum absolute atomic E-state index is 5.79. The minimum Gasteiger partial charge on any atom is -0.374 e. The van der Waals surface area contributed by atoms with Gasteiger partial charge in [0.1, 0.15) is 0 Å². The van der Waals surface area contributed by atoms with E-state index >= 15 is 0 Å². The van der Waals surface area contributed by atoms with E-state index in [2.05, 4.69) is 15.9 Å². The molecule has 0 spiro atoms. The van der Waals surface area contributed by atoms with Gasteiger partial charge in [-0.25, -0.2) is 0 Å². The molecule has 2 saturated carbocycles. The van der Waals surface area contributed by atoms with E-state index in [0.29, 0.717) is 17.0 Å². The summed E-state index contributed by atoms with van der Waals surface area (Å²) in [5.41, 5.74) is 0. The third-order valence-corrected chi connectivity index (χ3v) is 3.31. The lowest BCUT2D eigenvalue weighted by molar-refractivity contribution is 0.0494. The molecule has 0 bridgehead atoms. The van der Waals surface area contributed by atoms with Crippen molar-refractivity contribution in [3.63, 3.8) is 0 Å². The summed E-state index contributed by atoms with van der Waals surface area (Å²) < 4.78 is 5.79. The Kier molecular flexibility index (Phi) is 2.01. The van der Waals surface area contributed by atoms with Crippen LogP contribution >= 0.6 is 15.9 Å². The van der Waals surface area contributed by atoms with Gasteiger partial charge in [-0.1, -0.05) is 15.9 Å². The van der Waals surface area contributed by atoms with E-state index in [9.17, 15) is 0 Å². The highest BCUT2D eigenvalue weighted by molar-refractivity contribution is 9.09. The fourth-order valence-electron chi connectivity index (χ4n) is 1.49. The molecule has 0 saturated heterocycles. The van der Waals surface area contributed by atoms with E-state index in [0.717, 1.165) is 0 Å². The molecule has 2 aliphatic rings. The van der Waals surface area contributed by atoms with Crippen LogP contribution in [-0.4, -0.2) is 17.0 Å². The first-order chi connectivity index (χ1) is 4.86. The van der Waals surface area contributed by atoms with Crippen LogP contribution in [0.3, 0.4) is 0 Å². The predicted octanol–water partition coefficient (Wildman–Crippen LogP) is 2.48. The van der Waals surface area contributed by atoms with Crippen LogP contribution < -0.4 is 0 Å². The van der Waals surface area contributed by atoms with Crippen molar-refractivity contribution < 1.29 is 4.74 Å². The van der Waals surface area contributed by atoms with Gasteiger partial charge in [-0.05, 0) is 32.1 Å². The molecule has 2 aliphatic carbocycles. The highest BCUT2D eigenvalue weighted by Crippen LogP contribution is 2.34. The van der Waals surface area contributed by atoms with Crippen LogP contribution in [-0.2, 0) is 4.74 Å². The largest absolute Gasteiger partial charge is 0.374 e. The average Bonchev–Trinajstić information content (AvgIpc) is 2.62. The molecule has 2 fully saturated rings. The summed E-state index contributed by atoms with van der Waals surface area (Å²) in [7, 11) is 0. The highest BCUT2D eigenvalue weighted by Gasteiger charge is 2.32. The molecule has 1 nitrogen and oxygen atoms in total. The highest BCUT2D eigenvalue weighted by atomic mass is 79.9. The Morgan fingerprint density at radius 3 is 2.40 bits per heavy atom. The number of ether oxygens (including phenoxy) is 1. The van der Waals surface area contributed by atoms with E-state index in [1.54, 1.807) is 0 Å². The zero-order chi connectivity index (χ0) is 6.97. The van der Waals surface area contributed by atoms with Gasteiger partial charge in [-0.3, -0.25) is 0 Å². The molecule has 2 heteroatoms. The molecule has 2 atom stereocenters. The van der Waals surface area contributed by atoms with E-state index < -0.39 is 0 Å². The first-order valence-corrected chi connectivity index (χ1v) is 5.07. The van der Waals surface area contributed by atoms with Crippen molar-refractivity contribution in [1.82, 2.24) is 0 Å². The quantitative estimate of drug-likeness (QED) is 0.629. The molecule has 0 aromatic carbocycles. The molecule has 0 aromatic heterocycles. The summed E-state index contributed by atoms with van der Waals surface area (Å²) in [6.07, 6.45) is 7.68. The molecule has 0 radical (unpaired) electrons. The second kappa shape index (κ2) is 2.82. The number of rotatable bonds is 2. The van der Waals surface area contributed by atoms with Gasteiger partial charge in [0.2, 0.25) is 0 Å². The second-order valence-corrected chi connectivity index (χ2v) is 4.50. The number of halogens is 1. The molecular weight excluding hydrogens is 192 g/mol. The average molecular weight is 205 g/mol. The third kappa shape index (κ3) is 1.54. The zero-order valence-electron chi connectivity index (χ0n) is 6.05. The molecule has 0 aromatic rings. The molecule has 2 unspecified atom stereocenters. The summed E-state index contributed by atoms with van der Waals surface area (Å²) in [6.45, 7) is 0. The maximum Gasteiger partial charge on any atom is 0.0703 e. The standard InChI is InChI=1S/C8H13BrO/c9-7-2-1-3-8(7)10-6-4-5-6/h6-8H,1-5H2. The van der Waals surface area contributed by atoms with Gasteiger partial charge in [0.15, 0.2) is 0 Å². The van der Waals surface area contributed by atoms with Gasteiger partial charge in [-0.15, -0.1) is 0 Å². The van der Waals surface area contributed by atoms with Crippen molar-refractivity contribution >= 4 is 15.9 Å². The SMILES string of the molecule is BrC1CCCC1OC1CC1. The van der Waals surface area contributed by atoms with Crippen LogP contribution in [0.15, 0.2) is 0 Å². The van der Waals surface area contributed by atoms with E-state index in [1.807, 2.05) is 0 Å². The topological polar surface area (TPSA) is 9.23 Å². The maximum atomic E-state index is 5.79. The van der Waals surface area contributed by atoms with Crippen molar-refractivity contribution in [2.24, 2.45) is 0 Å². The summed E-state index contributed by atoms with van der Waals surface area (Å²) in [5.74, 6) is 0. The normalized spacial score (nSPS) is 40.5. The Labute approximate surface area is 70.3 Å². The Balaban J connectivity index is 1.79. The van der Waals surface area contributed by atoms with Crippen LogP contribution in [0.1, 0.15) is 32.1 Å². The predicted molar refractivity (Wildman–Crippen MR) is 44.5 cm³/mol. The van der Waals surface area contributed by atoms with Crippen LogP contribution in [0.4, 0.5) is 0 Å². The molecular formula is C8H13BrO. The first kappa shape index (κ1) is 7.11. The van der Waals surface area contributed by atoms with Gasteiger partial charge in [0, 0.05) is 4.83 Å². The fraction of sp³-hybridized carbons (Fsp3) is 1.00. The van der Waals surface area contributed by atoms with Crippen LogP contribution in [0, 0.1) is 0 Å². The van der Waals surface area contributed by atoms with Crippen molar-refractivity contribution in [2.75, 3.05) is 0 Å². The summed E-state index contributed by atoms with van der Waals surface area (Å²) in [5, 5.41) is 0.